The molecule has 0 amide bonds. The van der Waals surface area contributed by atoms with Crippen LogP contribution in [0.1, 0.15) is 75.6 Å². The van der Waals surface area contributed by atoms with E-state index in [2.05, 4.69) is 62.0 Å². The van der Waals surface area contributed by atoms with E-state index in [1.165, 1.54) is 11.3 Å². The summed E-state index contributed by atoms with van der Waals surface area (Å²) in [5.74, 6) is 0.933. The first-order chi connectivity index (χ1) is 11.6. The molecule has 1 aliphatic rings. The quantitative estimate of drug-likeness (QED) is 0.907. The lowest BCUT2D eigenvalue weighted by molar-refractivity contribution is 0.251. The van der Waals surface area contributed by atoms with Crippen LogP contribution in [0.5, 0.6) is 0 Å². The third-order valence-corrected chi connectivity index (χ3v) is 4.82. The second-order valence-corrected chi connectivity index (χ2v) is 9.09. The third kappa shape index (κ3) is 4.24. The van der Waals surface area contributed by atoms with E-state index in [0.717, 1.165) is 36.6 Å². The van der Waals surface area contributed by atoms with Crippen molar-refractivity contribution < 1.29 is 0 Å². The van der Waals surface area contributed by atoms with Crippen LogP contribution in [-0.4, -0.2) is 15.0 Å². The van der Waals surface area contributed by atoms with Crippen molar-refractivity contribution in [1.29, 1.82) is 0 Å². The summed E-state index contributed by atoms with van der Waals surface area (Å²) in [6.07, 6.45) is 4.14. The van der Waals surface area contributed by atoms with Gasteiger partial charge in [0.2, 0.25) is 0 Å². The summed E-state index contributed by atoms with van der Waals surface area (Å²) in [7, 11) is 0. The zero-order valence-electron chi connectivity index (χ0n) is 16.3. The van der Waals surface area contributed by atoms with Crippen LogP contribution in [0.4, 0.5) is 0 Å². The van der Waals surface area contributed by atoms with Crippen molar-refractivity contribution in [2.24, 2.45) is 5.41 Å². The molecular formula is C21H30N4. The minimum absolute atomic E-state index is 0.0228. The fourth-order valence-electron chi connectivity index (χ4n) is 3.52. The smallest absolute Gasteiger partial charge is 0.133 e. The Morgan fingerprint density at radius 3 is 2.64 bits per heavy atom. The van der Waals surface area contributed by atoms with Gasteiger partial charge in [-0.3, -0.25) is 4.98 Å². The number of rotatable bonds is 3. The van der Waals surface area contributed by atoms with E-state index < -0.39 is 0 Å². The molecule has 2 aromatic rings. The SMILES string of the molecule is Cc1cccc(CNC2CC(C)(C)Cc3nc(C(C)(C)C)ncc32)n1. The average Bonchev–Trinajstić information content (AvgIpc) is 2.50. The fraction of sp³-hybridized carbons (Fsp3) is 0.571. The van der Waals surface area contributed by atoms with Crippen molar-refractivity contribution in [2.45, 2.75) is 72.4 Å². The van der Waals surface area contributed by atoms with Crippen LogP contribution in [0.3, 0.4) is 0 Å². The van der Waals surface area contributed by atoms with Crippen molar-refractivity contribution in [3.05, 3.63) is 52.9 Å². The molecule has 4 heteroatoms. The molecule has 0 radical (unpaired) electrons. The van der Waals surface area contributed by atoms with Gasteiger partial charge in [-0.1, -0.05) is 40.7 Å². The Morgan fingerprint density at radius 1 is 1.20 bits per heavy atom. The topological polar surface area (TPSA) is 50.7 Å². The van der Waals surface area contributed by atoms with Crippen LogP contribution in [-0.2, 0) is 18.4 Å². The number of nitrogens with zero attached hydrogens (tertiary/aromatic N) is 3. The van der Waals surface area contributed by atoms with Crippen LogP contribution >= 0.6 is 0 Å². The number of hydrogen-bond donors (Lipinski definition) is 1. The van der Waals surface area contributed by atoms with Crippen LogP contribution in [0, 0.1) is 12.3 Å². The van der Waals surface area contributed by atoms with Gasteiger partial charge in [-0.25, -0.2) is 9.97 Å². The molecule has 0 fully saturated rings. The zero-order chi connectivity index (χ0) is 18.2. The number of aryl methyl sites for hydroxylation is 1. The molecule has 4 nitrogen and oxygen atoms in total. The summed E-state index contributed by atoms with van der Waals surface area (Å²) < 4.78 is 0. The molecule has 25 heavy (non-hydrogen) atoms. The monoisotopic (exact) mass is 338 g/mol. The first-order valence-electron chi connectivity index (χ1n) is 9.16. The molecule has 0 aliphatic heterocycles. The number of aromatic nitrogens is 3. The van der Waals surface area contributed by atoms with Gasteiger partial charge in [0, 0.05) is 41.1 Å². The van der Waals surface area contributed by atoms with E-state index in [0.29, 0.717) is 0 Å². The molecule has 0 spiro atoms. The molecule has 0 bridgehead atoms. The van der Waals surface area contributed by atoms with Gasteiger partial charge in [-0.05, 0) is 37.3 Å². The Kier molecular flexibility index (Phi) is 4.67. The number of hydrogen-bond acceptors (Lipinski definition) is 4. The third-order valence-electron chi connectivity index (χ3n) is 4.82. The maximum atomic E-state index is 4.93. The van der Waals surface area contributed by atoms with Gasteiger partial charge < -0.3 is 5.32 Å². The lowest BCUT2D eigenvalue weighted by Gasteiger charge is -2.37. The molecule has 0 saturated heterocycles. The molecule has 134 valence electrons. The largest absolute Gasteiger partial charge is 0.304 e. The summed E-state index contributed by atoms with van der Waals surface area (Å²) in [6.45, 7) is 14.0. The number of fused-ring (bicyclic) bond motifs is 1. The summed E-state index contributed by atoms with van der Waals surface area (Å²) >= 11 is 0. The van der Waals surface area contributed by atoms with E-state index in [1.54, 1.807) is 0 Å². The maximum Gasteiger partial charge on any atom is 0.133 e. The summed E-state index contributed by atoms with van der Waals surface area (Å²) in [5, 5.41) is 3.69. The van der Waals surface area contributed by atoms with Crippen LogP contribution in [0.25, 0.3) is 0 Å². The van der Waals surface area contributed by atoms with Gasteiger partial charge in [-0.2, -0.15) is 0 Å². The maximum absolute atomic E-state index is 4.93. The molecule has 1 atom stereocenters. The van der Waals surface area contributed by atoms with Crippen LogP contribution in [0.15, 0.2) is 24.4 Å². The first-order valence-corrected chi connectivity index (χ1v) is 9.16. The molecular weight excluding hydrogens is 308 g/mol. The Hall–Kier alpha value is -1.81. The van der Waals surface area contributed by atoms with Gasteiger partial charge in [0.1, 0.15) is 5.82 Å². The second kappa shape index (κ2) is 6.49. The Labute approximate surface area is 151 Å². The van der Waals surface area contributed by atoms with E-state index in [-0.39, 0.29) is 16.9 Å². The molecule has 1 aliphatic carbocycles. The van der Waals surface area contributed by atoms with E-state index in [9.17, 15) is 0 Å². The molecule has 0 aromatic carbocycles. The van der Waals surface area contributed by atoms with Crippen molar-refractivity contribution >= 4 is 0 Å². The highest BCUT2D eigenvalue weighted by Gasteiger charge is 2.34. The molecule has 1 N–H and O–H groups in total. The molecule has 1 unspecified atom stereocenters. The number of nitrogens with one attached hydrogen (secondary N) is 1. The molecule has 2 aromatic heterocycles. The fourth-order valence-corrected chi connectivity index (χ4v) is 3.52. The first kappa shape index (κ1) is 18.0. The van der Waals surface area contributed by atoms with Gasteiger partial charge >= 0.3 is 0 Å². The van der Waals surface area contributed by atoms with Crippen LogP contribution in [0.2, 0.25) is 0 Å². The van der Waals surface area contributed by atoms with E-state index in [4.69, 9.17) is 4.98 Å². The standard InChI is InChI=1S/C21H30N4/c1-14-8-7-9-15(24-14)12-22-17-10-21(5,6)11-18-16(17)13-23-19(25-18)20(2,3)4/h7-9,13,17,22H,10-12H2,1-6H3. The van der Waals surface area contributed by atoms with Crippen molar-refractivity contribution in [3.8, 4) is 0 Å². The summed E-state index contributed by atoms with van der Waals surface area (Å²) in [5.41, 5.74) is 4.80. The second-order valence-electron chi connectivity index (χ2n) is 9.09. The van der Waals surface area contributed by atoms with Gasteiger partial charge in [-0.15, -0.1) is 0 Å². The zero-order valence-corrected chi connectivity index (χ0v) is 16.3. The van der Waals surface area contributed by atoms with Gasteiger partial charge in [0.15, 0.2) is 0 Å². The Bertz CT molecular complexity index is 759. The summed E-state index contributed by atoms with van der Waals surface area (Å²) in [6, 6.07) is 6.45. The molecule has 0 saturated carbocycles. The van der Waals surface area contributed by atoms with Crippen molar-refractivity contribution in [1.82, 2.24) is 20.3 Å². The highest BCUT2D eigenvalue weighted by molar-refractivity contribution is 5.28. The minimum atomic E-state index is -0.0228. The number of pyridine rings is 1. The van der Waals surface area contributed by atoms with Gasteiger partial charge in [0.25, 0.3) is 0 Å². The Morgan fingerprint density at radius 2 is 1.96 bits per heavy atom. The van der Waals surface area contributed by atoms with Crippen molar-refractivity contribution in [3.63, 3.8) is 0 Å². The van der Waals surface area contributed by atoms with E-state index >= 15 is 0 Å². The molecule has 3 rings (SSSR count). The van der Waals surface area contributed by atoms with E-state index in [1.807, 2.05) is 19.2 Å². The van der Waals surface area contributed by atoms with Crippen LogP contribution < -0.4 is 5.32 Å². The normalized spacial score (nSPS) is 19.5. The lowest BCUT2D eigenvalue weighted by atomic mass is 9.74. The predicted molar refractivity (Wildman–Crippen MR) is 101 cm³/mol. The minimum Gasteiger partial charge on any atom is -0.304 e. The predicted octanol–water partition coefficient (Wildman–Crippen LogP) is 4.28. The average molecular weight is 338 g/mol. The van der Waals surface area contributed by atoms with Crippen molar-refractivity contribution in [2.75, 3.05) is 0 Å². The highest BCUT2D eigenvalue weighted by Crippen LogP contribution is 2.40. The molecule has 2 heterocycles. The van der Waals surface area contributed by atoms with Gasteiger partial charge in [0.05, 0.1) is 5.69 Å². The highest BCUT2D eigenvalue weighted by atomic mass is 15.0. The lowest BCUT2D eigenvalue weighted by Crippen LogP contribution is -2.35. The Balaban J connectivity index is 1.86. The summed E-state index contributed by atoms with van der Waals surface area (Å²) in [4.78, 5) is 14.2.